The van der Waals surface area contributed by atoms with Crippen LogP contribution in [0.4, 0.5) is 11.4 Å². The van der Waals surface area contributed by atoms with Crippen molar-refractivity contribution in [2.45, 2.75) is 20.3 Å². The van der Waals surface area contributed by atoms with Crippen molar-refractivity contribution in [2.24, 2.45) is 5.92 Å². The molecular weight excluding hydrogens is 318 g/mol. The highest BCUT2D eigenvalue weighted by Crippen LogP contribution is 2.13. The van der Waals surface area contributed by atoms with Crippen molar-refractivity contribution in [3.8, 4) is 0 Å². The Morgan fingerprint density at radius 1 is 1.08 bits per heavy atom. The summed E-state index contributed by atoms with van der Waals surface area (Å²) < 4.78 is 4.64. The van der Waals surface area contributed by atoms with E-state index in [9.17, 15) is 9.59 Å². The molecule has 0 unspecified atom stereocenters. The van der Waals surface area contributed by atoms with Crippen LogP contribution in [0.5, 0.6) is 0 Å². The fourth-order valence-corrected chi connectivity index (χ4v) is 2.14. The van der Waals surface area contributed by atoms with E-state index in [-0.39, 0.29) is 5.91 Å². The van der Waals surface area contributed by atoms with Crippen LogP contribution in [0.1, 0.15) is 41.1 Å². The number of hydrogen-bond donors (Lipinski definition) is 2. The molecular formula is C19H23N3O3. The molecule has 6 nitrogen and oxygen atoms in total. The summed E-state index contributed by atoms with van der Waals surface area (Å²) in [5.74, 6) is -0.0873. The molecule has 0 aliphatic carbocycles. The first-order valence-corrected chi connectivity index (χ1v) is 8.19. The van der Waals surface area contributed by atoms with E-state index in [1.165, 1.54) is 7.11 Å². The van der Waals surface area contributed by atoms with Gasteiger partial charge in [-0.05, 0) is 48.7 Å². The molecule has 1 amide bonds. The molecule has 0 saturated carbocycles. The van der Waals surface area contributed by atoms with Gasteiger partial charge < -0.3 is 15.4 Å². The van der Waals surface area contributed by atoms with E-state index in [0.29, 0.717) is 22.9 Å². The number of aromatic nitrogens is 1. The second kappa shape index (κ2) is 8.82. The Balaban J connectivity index is 1.93. The van der Waals surface area contributed by atoms with Crippen LogP contribution in [0.15, 0.2) is 42.6 Å². The molecule has 0 atom stereocenters. The number of nitrogens with one attached hydrogen (secondary N) is 2. The number of rotatable bonds is 7. The molecule has 132 valence electrons. The van der Waals surface area contributed by atoms with Gasteiger partial charge in [-0.1, -0.05) is 13.8 Å². The van der Waals surface area contributed by atoms with Crippen molar-refractivity contribution < 1.29 is 14.3 Å². The number of anilines is 2. The number of hydrogen-bond acceptors (Lipinski definition) is 5. The van der Waals surface area contributed by atoms with Gasteiger partial charge in [0.15, 0.2) is 0 Å². The zero-order chi connectivity index (χ0) is 18.2. The lowest BCUT2D eigenvalue weighted by Gasteiger charge is -2.09. The van der Waals surface area contributed by atoms with E-state index in [2.05, 4.69) is 34.2 Å². The Morgan fingerprint density at radius 2 is 1.76 bits per heavy atom. The number of amides is 1. The summed E-state index contributed by atoms with van der Waals surface area (Å²) in [5, 5.41) is 6.02. The van der Waals surface area contributed by atoms with Gasteiger partial charge in [0.2, 0.25) is 0 Å². The number of carbonyl (C=O) groups is 2. The van der Waals surface area contributed by atoms with E-state index < -0.39 is 5.97 Å². The van der Waals surface area contributed by atoms with Crippen molar-refractivity contribution >= 4 is 23.3 Å². The number of nitrogens with zero attached hydrogens (tertiary/aromatic N) is 1. The molecule has 0 saturated heterocycles. The lowest BCUT2D eigenvalue weighted by Crippen LogP contribution is -2.14. The Kier molecular flexibility index (Phi) is 6.51. The number of esters is 1. The molecule has 6 heteroatoms. The fourth-order valence-electron chi connectivity index (χ4n) is 2.14. The minimum Gasteiger partial charge on any atom is -0.465 e. The van der Waals surface area contributed by atoms with Crippen molar-refractivity contribution in [3.05, 3.63) is 53.9 Å². The highest BCUT2D eigenvalue weighted by atomic mass is 16.5. The third-order valence-corrected chi connectivity index (χ3v) is 3.61. The van der Waals surface area contributed by atoms with Crippen molar-refractivity contribution in [2.75, 3.05) is 24.3 Å². The van der Waals surface area contributed by atoms with Crippen LogP contribution in [0, 0.1) is 5.92 Å². The average molecular weight is 341 g/mol. The maximum atomic E-state index is 12.2. The normalized spacial score (nSPS) is 10.4. The van der Waals surface area contributed by atoms with Gasteiger partial charge in [-0.3, -0.25) is 4.79 Å². The molecule has 25 heavy (non-hydrogen) atoms. The van der Waals surface area contributed by atoms with Gasteiger partial charge >= 0.3 is 5.97 Å². The van der Waals surface area contributed by atoms with Gasteiger partial charge in [-0.2, -0.15) is 0 Å². The average Bonchev–Trinajstić information content (AvgIpc) is 2.62. The molecule has 0 aliphatic rings. The number of pyridine rings is 1. The Morgan fingerprint density at radius 3 is 2.32 bits per heavy atom. The summed E-state index contributed by atoms with van der Waals surface area (Å²) in [6, 6.07) is 9.99. The van der Waals surface area contributed by atoms with E-state index in [0.717, 1.165) is 18.7 Å². The van der Waals surface area contributed by atoms with Crippen LogP contribution in [0.3, 0.4) is 0 Å². The van der Waals surface area contributed by atoms with Crippen molar-refractivity contribution in [1.82, 2.24) is 4.98 Å². The van der Waals surface area contributed by atoms with Crippen LogP contribution in [-0.2, 0) is 4.74 Å². The van der Waals surface area contributed by atoms with E-state index >= 15 is 0 Å². The molecule has 0 aliphatic heterocycles. The van der Waals surface area contributed by atoms with Crippen LogP contribution in [0.2, 0.25) is 0 Å². The predicted molar refractivity (Wildman–Crippen MR) is 97.9 cm³/mol. The maximum absolute atomic E-state index is 12.2. The lowest BCUT2D eigenvalue weighted by atomic mass is 10.1. The summed E-state index contributed by atoms with van der Waals surface area (Å²) in [6.07, 6.45) is 2.72. The second-order valence-electron chi connectivity index (χ2n) is 6.06. The Bertz CT molecular complexity index is 710. The highest BCUT2D eigenvalue weighted by Gasteiger charge is 2.09. The molecule has 0 spiro atoms. The number of carbonyl (C=O) groups excluding carboxylic acids is 2. The molecule has 0 radical (unpaired) electrons. The van der Waals surface area contributed by atoms with Crippen LogP contribution < -0.4 is 10.6 Å². The SMILES string of the molecule is COC(=O)c1ccc(NC(=O)c2ccc(NCCC(C)C)cn2)cc1. The summed E-state index contributed by atoms with van der Waals surface area (Å²) in [4.78, 5) is 27.8. The van der Waals surface area contributed by atoms with Gasteiger partial charge in [0.05, 0.1) is 24.6 Å². The monoisotopic (exact) mass is 341 g/mol. The van der Waals surface area contributed by atoms with E-state index in [1.54, 1.807) is 36.5 Å². The predicted octanol–water partition coefficient (Wildman–Crippen LogP) is 3.58. The molecule has 1 heterocycles. The molecule has 0 bridgehead atoms. The smallest absolute Gasteiger partial charge is 0.337 e. The number of methoxy groups -OCH3 is 1. The lowest BCUT2D eigenvalue weighted by molar-refractivity contribution is 0.0600. The van der Waals surface area contributed by atoms with Crippen LogP contribution >= 0.6 is 0 Å². The van der Waals surface area contributed by atoms with Gasteiger partial charge in [-0.25, -0.2) is 9.78 Å². The minimum atomic E-state index is -0.417. The van der Waals surface area contributed by atoms with Crippen molar-refractivity contribution in [3.63, 3.8) is 0 Å². The first kappa shape index (κ1) is 18.4. The molecule has 2 N–H and O–H groups in total. The van der Waals surface area contributed by atoms with Gasteiger partial charge in [0, 0.05) is 12.2 Å². The van der Waals surface area contributed by atoms with Crippen LogP contribution in [-0.4, -0.2) is 30.5 Å². The summed E-state index contributed by atoms with van der Waals surface area (Å²) in [5.41, 5.74) is 2.22. The van der Waals surface area contributed by atoms with Crippen molar-refractivity contribution in [1.29, 1.82) is 0 Å². The Labute approximate surface area is 147 Å². The first-order chi connectivity index (χ1) is 12.0. The van der Waals surface area contributed by atoms with E-state index in [1.807, 2.05) is 6.07 Å². The molecule has 1 aromatic heterocycles. The first-order valence-electron chi connectivity index (χ1n) is 8.19. The standard InChI is InChI=1S/C19H23N3O3/c1-13(2)10-11-20-16-8-9-17(21-12-16)18(23)22-15-6-4-14(5-7-15)19(24)25-3/h4-9,12-13,20H,10-11H2,1-3H3,(H,22,23). The molecule has 1 aromatic carbocycles. The van der Waals surface area contributed by atoms with Gasteiger partial charge in [0.1, 0.15) is 5.69 Å². The van der Waals surface area contributed by atoms with E-state index in [4.69, 9.17) is 0 Å². The molecule has 2 aromatic rings. The quantitative estimate of drug-likeness (QED) is 0.753. The van der Waals surface area contributed by atoms with Crippen LogP contribution in [0.25, 0.3) is 0 Å². The number of benzene rings is 1. The topological polar surface area (TPSA) is 80.3 Å². The third-order valence-electron chi connectivity index (χ3n) is 3.61. The zero-order valence-corrected chi connectivity index (χ0v) is 14.7. The Hall–Kier alpha value is -2.89. The summed E-state index contributed by atoms with van der Waals surface area (Å²) in [7, 11) is 1.32. The fraction of sp³-hybridized carbons (Fsp3) is 0.316. The summed E-state index contributed by atoms with van der Waals surface area (Å²) in [6.45, 7) is 5.22. The molecule has 0 fully saturated rings. The number of ether oxygens (including phenoxy) is 1. The highest BCUT2D eigenvalue weighted by molar-refractivity contribution is 6.03. The molecule has 2 rings (SSSR count). The van der Waals surface area contributed by atoms with Gasteiger partial charge in [-0.15, -0.1) is 0 Å². The third kappa shape index (κ3) is 5.60. The summed E-state index contributed by atoms with van der Waals surface area (Å²) >= 11 is 0. The zero-order valence-electron chi connectivity index (χ0n) is 14.7. The maximum Gasteiger partial charge on any atom is 0.337 e. The largest absolute Gasteiger partial charge is 0.465 e. The second-order valence-corrected chi connectivity index (χ2v) is 6.06. The minimum absolute atomic E-state index is 0.306. The van der Waals surface area contributed by atoms with Gasteiger partial charge in [0.25, 0.3) is 5.91 Å².